The Morgan fingerprint density at radius 3 is 2.33 bits per heavy atom. The van der Waals surface area contributed by atoms with E-state index in [-0.39, 0.29) is 17.5 Å². The van der Waals surface area contributed by atoms with E-state index in [4.69, 9.17) is 4.74 Å². The van der Waals surface area contributed by atoms with Gasteiger partial charge in [0.2, 0.25) is 0 Å². The summed E-state index contributed by atoms with van der Waals surface area (Å²) < 4.78 is 7.44. The monoisotopic (exact) mass is 403 g/mol. The Morgan fingerprint density at radius 2 is 1.70 bits per heavy atom. The van der Waals surface area contributed by atoms with Gasteiger partial charge in [-0.15, -0.1) is 0 Å². The van der Waals surface area contributed by atoms with Crippen molar-refractivity contribution in [2.24, 2.45) is 0 Å². The van der Waals surface area contributed by atoms with Crippen LogP contribution in [-0.2, 0) is 12.0 Å². The lowest BCUT2D eigenvalue weighted by atomic mass is 9.86. The molecule has 5 heteroatoms. The van der Waals surface area contributed by atoms with Crippen LogP contribution in [0.1, 0.15) is 43.6 Å². The molecule has 0 saturated heterocycles. The number of fused-ring (bicyclic) bond motifs is 1. The molecule has 1 atom stereocenters. The van der Waals surface area contributed by atoms with Gasteiger partial charge < -0.3 is 19.5 Å². The smallest absolute Gasteiger partial charge is 0.322 e. The molecule has 156 valence electrons. The molecule has 0 fully saturated rings. The number of nitrogens with zero attached hydrogens (tertiary/aromatic N) is 2. The first-order chi connectivity index (χ1) is 14.4. The van der Waals surface area contributed by atoms with Gasteiger partial charge >= 0.3 is 6.03 Å². The van der Waals surface area contributed by atoms with Crippen molar-refractivity contribution in [1.29, 1.82) is 0 Å². The molecule has 0 saturated carbocycles. The Labute approximate surface area is 178 Å². The van der Waals surface area contributed by atoms with Gasteiger partial charge in [-0.25, -0.2) is 4.79 Å². The van der Waals surface area contributed by atoms with Gasteiger partial charge in [-0.1, -0.05) is 45.0 Å². The van der Waals surface area contributed by atoms with Gasteiger partial charge in [0.05, 0.1) is 13.2 Å². The number of amides is 2. The van der Waals surface area contributed by atoms with Crippen LogP contribution in [0.15, 0.2) is 66.9 Å². The van der Waals surface area contributed by atoms with Gasteiger partial charge in [0.15, 0.2) is 0 Å². The second-order valence-corrected chi connectivity index (χ2v) is 8.75. The van der Waals surface area contributed by atoms with E-state index in [1.54, 1.807) is 7.11 Å². The van der Waals surface area contributed by atoms with E-state index >= 15 is 0 Å². The summed E-state index contributed by atoms with van der Waals surface area (Å²) in [6.45, 7) is 8.07. The van der Waals surface area contributed by atoms with Crippen LogP contribution < -0.4 is 10.1 Å². The van der Waals surface area contributed by atoms with Crippen LogP contribution in [0.5, 0.6) is 5.75 Å². The standard InChI is InChI=1S/C25H29N3O2/c1-25(2,3)19-9-7-18(8-10-19)23-22-6-5-15-27(22)16-17-28(23)24(29)26-20-11-13-21(30-4)14-12-20/h5-15,23H,16-17H2,1-4H3,(H,26,29). The molecule has 2 amide bonds. The van der Waals surface area contributed by atoms with Crippen molar-refractivity contribution in [2.45, 2.75) is 38.8 Å². The molecule has 1 aliphatic rings. The summed E-state index contributed by atoms with van der Waals surface area (Å²) in [5.41, 5.74) is 4.38. The van der Waals surface area contributed by atoms with E-state index in [2.05, 4.69) is 73.3 Å². The number of hydrogen-bond acceptors (Lipinski definition) is 2. The fourth-order valence-corrected chi connectivity index (χ4v) is 3.99. The summed E-state index contributed by atoms with van der Waals surface area (Å²) in [5.74, 6) is 0.764. The number of aromatic nitrogens is 1. The summed E-state index contributed by atoms with van der Waals surface area (Å²) >= 11 is 0. The fraction of sp³-hybridized carbons (Fsp3) is 0.320. The summed E-state index contributed by atoms with van der Waals surface area (Å²) in [7, 11) is 1.63. The number of methoxy groups -OCH3 is 1. The molecular formula is C25H29N3O2. The lowest BCUT2D eigenvalue weighted by Crippen LogP contribution is -2.44. The van der Waals surface area contributed by atoms with Gasteiger partial charge in [-0.3, -0.25) is 0 Å². The molecular weight excluding hydrogens is 374 g/mol. The summed E-state index contributed by atoms with van der Waals surface area (Å²) in [5, 5.41) is 3.04. The summed E-state index contributed by atoms with van der Waals surface area (Å²) in [6, 6.07) is 20.0. The number of urea groups is 1. The SMILES string of the molecule is COc1ccc(NC(=O)N2CCn3cccc3C2c2ccc(C(C)(C)C)cc2)cc1. The molecule has 3 aromatic rings. The van der Waals surface area contributed by atoms with Crippen molar-refractivity contribution in [2.75, 3.05) is 19.0 Å². The van der Waals surface area contributed by atoms with Gasteiger partial charge in [0.1, 0.15) is 5.75 Å². The van der Waals surface area contributed by atoms with E-state index in [0.717, 1.165) is 29.2 Å². The second kappa shape index (κ2) is 7.90. The molecule has 0 bridgehead atoms. The minimum atomic E-state index is -0.124. The summed E-state index contributed by atoms with van der Waals surface area (Å²) in [4.78, 5) is 15.2. The van der Waals surface area contributed by atoms with E-state index in [9.17, 15) is 4.79 Å². The van der Waals surface area contributed by atoms with Gasteiger partial charge in [0.25, 0.3) is 0 Å². The first-order valence-corrected chi connectivity index (χ1v) is 10.3. The molecule has 0 spiro atoms. The maximum atomic E-state index is 13.2. The summed E-state index contributed by atoms with van der Waals surface area (Å²) in [6.07, 6.45) is 2.09. The zero-order valence-corrected chi connectivity index (χ0v) is 18.1. The van der Waals surface area contributed by atoms with Crippen molar-refractivity contribution in [3.8, 4) is 5.75 Å². The quantitative estimate of drug-likeness (QED) is 0.634. The molecule has 30 heavy (non-hydrogen) atoms. The molecule has 0 radical (unpaired) electrons. The average molecular weight is 404 g/mol. The number of carbonyl (C=O) groups is 1. The number of benzene rings is 2. The van der Waals surface area contributed by atoms with Crippen LogP contribution in [0, 0.1) is 0 Å². The van der Waals surface area contributed by atoms with E-state index in [1.807, 2.05) is 29.2 Å². The van der Waals surface area contributed by atoms with Crippen LogP contribution in [0.2, 0.25) is 0 Å². The Bertz CT molecular complexity index is 1010. The normalized spacial score (nSPS) is 16.1. The number of rotatable bonds is 3. The molecule has 1 aliphatic heterocycles. The van der Waals surface area contributed by atoms with Crippen molar-refractivity contribution < 1.29 is 9.53 Å². The van der Waals surface area contributed by atoms with Crippen molar-refractivity contribution >= 4 is 11.7 Å². The van der Waals surface area contributed by atoms with Gasteiger partial charge in [0, 0.05) is 30.7 Å². The Kier molecular flexibility index (Phi) is 5.29. The molecule has 2 aromatic carbocycles. The average Bonchev–Trinajstić information content (AvgIpc) is 3.22. The Hall–Kier alpha value is -3.21. The number of ether oxygens (including phenoxy) is 1. The fourth-order valence-electron chi connectivity index (χ4n) is 3.99. The predicted molar refractivity (Wildman–Crippen MR) is 120 cm³/mol. The van der Waals surface area contributed by atoms with Crippen LogP contribution >= 0.6 is 0 Å². The number of anilines is 1. The van der Waals surface area contributed by atoms with Gasteiger partial charge in [-0.2, -0.15) is 0 Å². The molecule has 2 heterocycles. The van der Waals surface area contributed by atoms with Crippen LogP contribution in [-0.4, -0.2) is 29.2 Å². The number of carbonyl (C=O) groups excluding carboxylic acids is 1. The third-order valence-corrected chi connectivity index (χ3v) is 5.73. The highest BCUT2D eigenvalue weighted by Gasteiger charge is 2.32. The van der Waals surface area contributed by atoms with Crippen molar-refractivity contribution in [1.82, 2.24) is 9.47 Å². The Morgan fingerprint density at radius 1 is 1.00 bits per heavy atom. The minimum Gasteiger partial charge on any atom is -0.497 e. The lowest BCUT2D eigenvalue weighted by molar-refractivity contribution is 0.182. The van der Waals surface area contributed by atoms with E-state index < -0.39 is 0 Å². The first-order valence-electron chi connectivity index (χ1n) is 10.3. The van der Waals surface area contributed by atoms with Crippen molar-refractivity contribution in [3.05, 3.63) is 83.7 Å². The highest BCUT2D eigenvalue weighted by atomic mass is 16.5. The molecule has 1 unspecified atom stereocenters. The Balaban J connectivity index is 1.63. The lowest BCUT2D eigenvalue weighted by Gasteiger charge is -2.37. The largest absolute Gasteiger partial charge is 0.497 e. The second-order valence-electron chi connectivity index (χ2n) is 8.75. The van der Waals surface area contributed by atoms with Crippen LogP contribution in [0.4, 0.5) is 10.5 Å². The minimum absolute atomic E-state index is 0.0940. The number of hydrogen-bond donors (Lipinski definition) is 1. The number of nitrogens with one attached hydrogen (secondary N) is 1. The van der Waals surface area contributed by atoms with Crippen LogP contribution in [0.25, 0.3) is 0 Å². The maximum Gasteiger partial charge on any atom is 0.322 e. The zero-order valence-electron chi connectivity index (χ0n) is 18.1. The van der Waals surface area contributed by atoms with E-state index in [0.29, 0.717) is 6.54 Å². The van der Waals surface area contributed by atoms with Crippen molar-refractivity contribution in [3.63, 3.8) is 0 Å². The highest BCUT2D eigenvalue weighted by Crippen LogP contribution is 2.34. The molecule has 1 aromatic heterocycles. The first kappa shape index (κ1) is 20.1. The third kappa shape index (κ3) is 3.92. The molecule has 0 aliphatic carbocycles. The van der Waals surface area contributed by atoms with E-state index in [1.165, 1.54) is 5.56 Å². The van der Waals surface area contributed by atoms with Crippen LogP contribution in [0.3, 0.4) is 0 Å². The maximum absolute atomic E-state index is 13.2. The third-order valence-electron chi connectivity index (χ3n) is 5.73. The topological polar surface area (TPSA) is 46.5 Å². The molecule has 5 nitrogen and oxygen atoms in total. The van der Waals surface area contributed by atoms with Gasteiger partial charge in [-0.05, 0) is 52.9 Å². The highest BCUT2D eigenvalue weighted by molar-refractivity contribution is 5.90. The zero-order chi connectivity index (χ0) is 21.3. The predicted octanol–water partition coefficient (Wildman–Crippen LogP) is 5.43. The molecule has 1 N–H and O–H groups in total. The molecule has 4 rings (SSSR count).